The number of piperazine rings is 1. The summed E-state index contributed by atoms with van der Waals surface area (Å²) >= 11 is 0. The molecule has 0 bridgehead atoms. The van der Waals surface area contributed by atoms with E-state index in [2.05, 4.69) is 0 Å². The lowest BCUT2D eigenvalue weighted by atomic mass is 10.1. The van der Waals surface area contributed by atoms with Crippen LogP contribution in [-0.2, 0) is 19.6 Å². The van der Waals surface area contributed by atoms with E-state index < -0.39 is 10.0 Å². The molecular formula is C18H22N2O4S. The van der Waals surface area contributed by atoms with E-state index in [-0.39, 0.29) is 12.5 Å². The Morgan fingerprint density at radius 1 is 1.04 bits per heavy atom. The molecule has 1 fully saturated rings. The molecule has 134 valence electrons. The number of ether oxygens (including phenoxy) is 1. The van der Waals surface area contributed by atoms with Crippen LogP contribution in [0, 0.1) is 0 Å². The topological polar surface area (TPSA) is 66.9 Å². The Bertz CT molecular complexity index is 858. The Morgan fingerprint density at radius 3 is 2.40 bits per heavy atom. The summed E-state index contributed by atoms with van der Waals surface area (Å²) in [5.41, 5.74) is 0. The summed E-state index contributed by atoms with van der Waals surface area (Å²) in [5.74, 6) is -0.0930. The zero-order valence-electron chi connectivity index (χ0n) is 14.2. The lowest BCUT2D eigenvalue weighted by molar-refractivity contribution is -0.137. The number of benzene rings is 2. The maximum atomic E-state index is 12.9. The van der Waals surface area contributed by atoms with Crippen molar-refractivity contribution in [1.82, 2.24) is 9.21 Å². The molecule has 2 aromatic carbocycles. The highest BCUT2D eigenvalue weighted by Crippen LogP contribution is 2.22. The van der Waals surface area contributed by atoms with Gasteiger partial charge in [0, 0.05) is 32.8 Å². The third kappa shape index (κ3) is 3.84. The average Bonchev–Trinajstić information content (AvgIpc) is 2.65. The molecule has 0 saturated carbocycles. The molecule has 0 radical (unpaired) electrons. The lowest BCUT2D eigenvalue weighted by Crippen LogP contribution is -2.51. The summed E-state index contributed by atoms with van der Waals surface area (Å²) in [5, 5.41) is 1.90. The van der Waals surface area contributed by atoms with Crippen LogP contribution in [-0.4, -0.2) is 62.9 Å². The number of fused-ring (bicyclic) bond motifs is 1. The summed E-state index contributed by atoms with van der Waals surface area (Å²) in [7, 11) is -3.56. The van der Waals surface area contributed by atoms with Crippen LogP contribution in [0.2, 0.25) is 0 Å². The van der Waals surface area contributed by atoms with Crippen LogP contribution in [0.15, 0.2) is 47.4 Å². The number of sulfonamides is 1. The minimum Gasteiger partial charge on any atom is -0.372 e. The monoisotopic (exact) mass is 362 g/mol. The van der Waals surface area contributed by atoms with Crippen molar-refractivity contribution < 1.29 is 17.9 Å². The zero-order chi connectivity index (χ0) is 17.9. The smallest absolute Gasteiger partial charge is 0.248 e. The molecule has 1 amide bonds. The summed E-state index contributed by atoms with van der Waals surface area (Å²) in [6, 6.07) is 12.8. The predicted molar refractivity (Wildman–Crippen MR) is 95.8 cm³/mol. The van der Waals surface area contributed by atoms with E-state index in [1.54, 1.807) is 17.0 Å². The van der Waals surface area contributed by atoms with Gasteiger partial charge in [-0.2, -0.15) is 4.31 Å². The van der Waals surface area contributed by atoms with E-state index in [0.29, 0.717) is 37.7 Å². The third-order valence-electron chi connectivity index (χ3n) is 4.38. The lowest BCUT2D eigenvalue weighted by Gasteiger charge is -2.34. The highest BCUT2D eigenvalue weighted by Gasteiger charge is 2.30. The van der Waals surface area contributed by atoms with E-state index in [1.807, 2.05) is 37.3 Å². The van der Waals surface area contributed by atoms with Crippen molar-refractivity contribution in [3.8, 4) is 0 Å². The second kappa shape index (κ2) is 7.51. The number of rotatable bonds is 5. The van der Waals surface area contributed by atoms with Crippen molar-refractivity contribution in [3.05, 3.63) is 42.5 Å². The molecular weight excluding hydrogens is 340 g/mol. The first kappa shape index (κ1) is 17.8. The molecule has 2 aromatic rings. The first-order chi connectivity index (χ1) is 12.0. The quantitative estimate of drug-likeness (QED) is 0.812. The van der Waals surface area contributed by atoms with Crippen LogP contribution in [0.1, 0.15) is 6.92 Å². The van der Waals surface area contributed by atoms with Gasteiger partial charge >= 0.3 is 0 Å². The summed E-state index contributed by atoms with van der Waals surface area (Å²) in [4.78, 5) is 13.9. The zero-order valence-corrected chi connectivity index (χ0v) is 15.0. The van der Waals surface area contributed by atoms with Gasteiger partial charge in [-0.15, -0.1) is 0 Å². The van der Waals surface area contributed by atoms with Crippen LogP contribution >= 0.6 is 0 Å². The largest absolute Gasteiger partial charge is 0.372 e. The fraction of sp³-hybridized carbons (Fsp3) is 0.389. The van der Waals surface area contributed by atoms with Crippen LogP contribution in [0.25, 0.3) is 10.8 Å². The molecule has 0 spiro atoms. The second-order valence-corrected chi connectivity index (χ2v) is 7.87. The van der Waals surface area contributed by atoms with E-state index in [9.17, 15) is 13.2 Å². The van der Waals surface area contributed by atoms with Gasteiger partial charge in [-0.05, 0) is 29.8 Å². The molecule has 1 saturated heterocycles. The van der Waals surface area contributed by atoms with E-state index >= 15 is 0 Å². The molecule has 3 rings (SSSR count). The highest BCUT2D eigenvalue weighted by atomic mass is 32.2. The van der Waals surface area contributed by atoms with Gasteiger partial charge in [0.25, 0.3) is 0 Å². The molecule has 7 heteroatoms. The number of nitrogens with zero attached hydrogens (tertiary/aromatic N) is 2. The number of hydrogen-bond donors (Lipinski definition) is 0. The molecule has 25 heavy (non-hydrogen) atoms. The van der Waals surface area contributed by atoms with Crippen LogP contribution in [0.4, 0.5) is 0 Å². The predicted octanol–water partition coefficient (Wildman–Crippen LogP) is 1.71. The van der Waals surface area contributed by atoms with Crippen LogP contribution < -0.4 is 0 Å². The minimum atomic E-state index is -3.56. The third-order valence-corrected chi connectivity index (χ3v) is 6.27. The van der Waals surface area contributed by atoms with Gasteiger partial charge in [0.1, 0.15) is 6.61 Å². The van der Waals surface area contributed by atoms with Gasteiger partial charge in [-0.1, -0.05) is 30.3 Å². The number of amides is 1. The molecule has 0 atom stereocenters. The van der Waals surface area contributed by atoms with Gasteiger partial charge in [0.15, 0.2) is 0 Å². The molecule has 1 aliphatic rings. The number of carbonyl (C=O) groups is 1. The molecule has 0 unspecified atom stereocenters. The van der Waals surface area contributed by atoms with E-state index in [0.717, 1.165) is 10.8 Å². The van der Waals surface area contributed by atoms with Crippen molar-refractivity contribution in [3.63, 3.8) is 0 Å². The van der Waals surface area contributed by atoms with Crippen molar-refractivity contribution in [2.75, 3.05) is 39.4 Å². The Morgan fingerprint density at radius 2 is 1.72 bits per heavy atom. The normalized spacial score (nSPS) is 16.3. The number of carbonyl (C=O) groups excluding carboxylic acids is 1. The summed E-state index contributed by atoms with van der Waals surface area (Å²) in [6.45, 7) is 3.74. The van der Waals surface area contributed by atoms with Crippen molar-refractivity contribution in [2.24, 2.45) is 0 Å². The van der Waals surface area contributed by atoms with Gasteiger partial charge < -0.3 is 9.64 Å². The molecule has 0 aromatic heterocycles. The van der Waals surface area contributed by atoms with Gasteiger partial charge in [-0.25, -0.2) is 8.42 Å². The first-order valence-electron chi connectivity index (χ1n) is 8.37. The van der Waals surface area contributed by atoms with Crippen molar-refractivity contribution >= 4 is 26.7 Å². The van der Waals surface area contributed by atoms with Gasteiger partial charge in [-0.3, -0.25) is 4.79 Å². The Labute approximate surface area is 148 Å². The fourth-order valence-corrected chi connectivity index (χ4v) is 4.39. The van der Waals surface area contributed by atoms with E-state index in [1.165, 1.54) is 4.31 Å². The van der Waals surface area contributed by atoms with Crippen LogP contribution in [0.5, 0.6) is 0 Å². The summed E-state index contributed by atoms with van der Waals surface area (Å²) < 4.78 is 32.3. The molecule has 0 aliphatic carbocycles. The maximum absolute atomic E-state index is 12.9. The average molecular weight is 362 g/mol. The van der Waals surface area contributed by atoms with Gasteiger partial charge in [0.05, 0.1) is 4.90 Å². The highest BCUT2D eigenvalue weighted by molar-refractivity contribution is 7.89. The molecule has 1 aliphatic heterocycles. The molecule has 1 heterocycles. The van der Waals surface area contributed by atoms with Gasteiger partial charge in [0.2, 0.25) is 15.9 Å². The minimum absolute atomic E-state index is 0.0495. The second-order valence-electron chi connectivity index (χ2n) is 5.93. The summed E-state index contributed by atoms with van der Waals surface area (Å²) in [6.07, 6.45) is 0. The standard InChI is InChI=1S/C18H22N2O4S/c1-2-24-14-18(21)19-9-11-20(12-10-19)25(22,23)17-8-7-15-5-3-4-6-16(15)13-17/h3-8,13H,2,9-12,14H2,1H3. The Balaban J connectivity index is 1.72. The molecule has 6 nitrogen and oxygen atoms in total. The SMILES string of the molecule is CCOCC(=O)N1CCN(S(=O)(=O)c2ccc3ccccc3c2)CC1. The Kier molecular flexibility index (Phi) is 5.36. The van der Waals surface area contributed by atoms with E-state index in [4.69, 9.17) is 4.74 Å². The molecule has 0 N–H and O–H groups in total. The van der Waals surface area contributed by atoms with Crippen LogP contribution in [0.3, 0.4) is 0 Å². The van der Waals surface area contributed by atoms with Crippen molar-refractivity contribution in [1.29, 1.82) is 0 Å². The fourth-order valence-electron chi connectivity index (χ4n) is 2.94. The Hall–Kier alpha value is -1.96. The van der Waals surface area contributed by atoms with Crippen molar-refractivity contribution in [2.45, 2.75) is 11.8 Å². The first-order valence-corrected chi connectivity index (χ1v) is 9.81. The maximum Gasteiger partial charge on any atom is 0.248 e. The number of hydrogen-bond acceptors (Lipinski definition) is 4.